The van der Waals surface area contributed by atoms with Gasteiger partial charge in [0.25, 0.3) is 10.0 Å². The average Bonchev–Trinajstić information content (AvgIpc) is 3.84. The minimum Gasteiger partial charge on any atom is -0.487 e. The number of ether oxygens (including phenoxy) is 1. The number of nitrogens with two attached hydrogens (primary N) is 1. The number of aryl methyl sites for hydroxylation is 2. The molecule has 7 rings (SSSR count). The van der Waals surface area contributed by atoms with E-state index in [2.05, 4.69) is 20.4 Å². The summed E-state index contributed by atoms with van der Waals surface area (Å²) in [5, 5.41) is 18.2. The van der Waals surface area contributed by atoms with Gasteiger partial charge in [0.2, 0.25) is 0 Å². The standard InChI is InChI=1S/C38H38N8O6S/c1-22-32-35(46(45-22)53(49,50)25-11-7-6-8-12-25)41-20-30(42-32)28-17-31(34(39)43-33(28)26-15-16-51-23(26)2)52-21-38(37(3,4)5,44-36(47)48)18-24-19-40-29-14-10-9-13-27(24)29/h6-17,19-20,40,44H,18,21H2,1-5H3,(H2,39,43)(H,47,48)/t38-/m1/s1. The van der Waals surface area contributed by atoms with Crippen LogP contribution in [0.25, 0.3) is 44.6 Å². The Bertz CT molecular complexity index is 2610. The molecule has 0 saturated carbocycles. The maximum absolute atomic E-state index is 13.5. The number of H-pyrrole nitrogens is 1. The fourth-order valence-corrected chi connectivity index (χ4v) is 7.74. The molecule has 0 aliphatic carbocycles. The summed E-state index contributed by atoms with van der Waals surface area (Å²) < 4.78 is 40.0. The van der Waals surface area contributed by atoms with E-state index in [1.165, 1.54) is 24.6 Å². The number of anilines is 1. The minimum atomic E-state index is -4.07. The molecule has 0 aliphatic heterocycles. The SMILES string of the molecule is Cc1occc1-c1nc(N)c(OC[C@@](Cc2c[nH]c3ccccc23)(NC(=O)O)C(C)(C)C)cc1-c1cnc2c(n1)c(C)nn2S(=O)(=O)c1ccccc1. The van der Waals surface area contributed by atoms with Gasteiger partial charge in [-0.3, -0.25) is 0 Å². The molecule has 5 N–H and O–H groups in total. The largest absolute Gasteiger partial charge is 0.487 e. The summed E-state index contributed by atoms with van der Waals surface area (Å²) in [4.78, 5) is 29.8. The van der Waals surface area contributed by atoms with Crippen LogP contribution in [0, 0.1) is 19.3 Å². The average molecular weight is 735 g/mol. The van der Waals surface area contributed by atoms with Crippen molar-refractivity contribution < 1.29 is 27.5 Å². The van der Waals surface area contributed by atoms with Crippen molar-refractivity contribution in [2.45, 2.75) is 51.5 Å². The van der Waals surface area contributed by atoms with E-state index in [1.54, 1.807) is 44.2 Å². The van der Waals surface area contributed by atoms with E-state index < -0.39 is 27.1 Å². The van der Waals surface area contributed by atoms with Crippen LogP contribution in [0.5, 0.6) is 5.75 Å². The predicted octanol–water partition coefficient (Wildman–Crippen LogP) is 6.74. The molecule has 0 unspecified atom stereocenters. The molecule has 14 nitrogen and oxygen atoms in total. The van der Waals surface area contributed by atoms with Gasteiger partial charge in [-0.05, 0) is 55.2 Å². The topological polar surface area (TPSA) is 204 Å². The number of nitrogen functional groups attached to an aromatic ring is 1. The first-order chi connectivity index (χ1) is 25.2. The highest BCUT2D eigenvalue weighted by Crippen LogP contribution is 2.40. The number of hydrogen-bond acceptors (Lipinski definition) is 10. The molecule has 5 heterocycles. The number of rotatable bonds is 10. The van der Waals surface area contributed by atoms with E-state index in [0.717, 1.165) is 20.6 Å². The van der Waals surface area contributed by atoms with Crippen molar-refractivity contribution in [3.05, 3.63) is 102 Å². The molecule has 0 saturated heterocycles. The molecule has 0 bridgehead atoms. The van der Waals surface area contributed by atoms with Crippen molar-refractivity contribution in [2.75, 3.05) is 12.3 Å². The molecule has 0 spiro atoms. The Balaban J connectivity index is 1.33. The molecule has 53 heavy (non-hydrogen) atoms. The number of carbonyl (C=O) groups is 1. The van der Waals surface area contributed by atoms with Crippen molar-refractivity contribution in [1.82, 2.24) is 34.4 Å². The van der Waals surface area contributed by atoms with E-state index in [0.29, 0.717) is 40.4 Å². The lowest BCUT2D eigenvalue weighted by Gasteiger charge is -2.44. The predicted molar refractivity (Wildman–Crippen MR) is 200 cm³/mol. The molecular weight excluding hydrogens is 697 g/mol. The van der Waals surface area contributed by atoms with Gasteiger partial charge in [-0.2, -0.15) is 13.5 Å². The van der Waals surface area contributed by atoms with Crippen LogP contribution in [0.1, 0.15) is 37.8 Å². The quantitative estimate of drug-likeness (QED) is 0.116. The van der Waals surface area contributed by atoms with Gasteiger partial charge < -0.3 is 30.3 Å². The normalized spacial score (nSPS) is 13.3. The van der Waals surface area contributed by atoms with Gasteiger partial charge >= 0.3 is 6.09 Å². The van der Waals surface area contributed by atoms with Crippen LogP contribution in [-0.4, -0.2) is 60.9 Å². The van der Waals surface area contributed by atoms with Crippen LogP contribution in [-0.2, 0) is 16.4 Å². The molecule has 1 amide bonds. The van der Waals surface area contributed by atoms with E-state index in [4.69, 9.17) is 24.9 Å². The molecule has 0 aliphatic rings. The number of hydrogen-bond donors (Lipinski definition) is 4. The van der Waals surface area contributed by atoms with E-state index in [1.807, 2.05) is 51.2 Å². The molecular formula is C38H38N8O6S. The lowest BCUT2D eigenvalue weighted by Crippen LogP contribution is -2.62. The van der Waals surface area contributed by atoms with Crippen molar-refractivity contribution in [3.8, 4) is 28.3 Å². The summed E-state index contributed by atoms with van der Waals surface area (Å²) >= 11 is 0. The smallest absolute Gasteiger partial charge is 0.405 e. The van der Waals surface area contributed by atoms with Gasteiger partial charge in [-0.15, -0.1) is 4.09 Å². The van der Waals surface area contributed by atoms with Gasteiger partial charge in [-0.1, -0.05) is 57.2 Å². The van der Waals surface area contributed by atoms with E-state index >= 15 is 0 Å². The zero-order valence-electron chi connectivity index (χ0n) is 29.7. The zero-order valence-corrected chi connectivity index (χ0v) is 30.5. The van der Waals surface area contributed by atoms with Gasteiger partial charge in [0.15, 0.2) is 17.2 Å². The number of fused-ring (bicyclic) bond motifs is 2. The van der Waals surface area contributed by atoms with Crippen LogP contribution in [0.4, 0.5) is 10.6 Å². The number of aromatic nitrogens is 6. The number of aromatic amines is 1. The molecule has 2 aromatic carbocycles. The molecule has 15 heteroatoms. The summed E-state index contributed by atoms with van der Waals surface area (Å²) in [6, 6.07) is 19.2. The molecule has 0 fully saturated rings. The molecule has 1 atom stereocenters. The third-order valence-electron chi connectivity index (χ3n) is 9.61. The van der Waals surface area contributed by atoms with Crippen molar-refractivity contribution in [1.29, 1.82) is 0 Å². The van der Waals surface area contributed by atoms with Gasteiger partial charge in [0.05, 0.1) is 40.0 Å². The maximum atomic E-state index is 13.5. The highest BCUT2D eigenvalue weighted by Gasteiger charge is 2.45. The summed E-state index contributed by atoms with van der Waals surface area (Å²) in [6.45, 7) is 9.19. The van der Waals surface area contributed by atoms with E-state index in [9.17, 15) is 18.3 Å². The second-order valence-corrected chi connectivity index (χ2v) is 15.7. The minimum absolute atomic E-state index is 0.0570. The lowest BCUT2D eigenvalue weighted by molar-refractivity contribution is 0.0692. The highest BCUT2D eigenvalue weighted by atomic mass is 32.2. The van der Waals surface area contributed by atoms with Gasteiger partial charge in [0.1, 0.15) is 17.9 Å². The number of amides is 1. The summed E-state index contributed by atoms with van der Waals surface area (Å²) in [7, 11) is -4.07. The zero-order chi connectivity index (χ0) is 37.7. The second-order valence-electron chi connectivity index (χ2n) is 13.9. The lowest BCUT2D eigenvalue weighted by atomic mass is 9.70. The second kappa shape index (κ2) is 13.1. The molecule has 0 radical (unpaired) electrons. The summed E-state index contributed by atoms with van der Waals surface area (Å²) in [5.74, 6) is 0.821. The van der Waals surface area contributed by atoms with Crippen LogP contribution in [0.3, 0.4) is 0 Å². The highest BCUT2D eigenvalue weighted by molar-refractivity contribution is 7.90. The fourth-order valence-electron chi connectivity index (χ4n) is 6.45. The summed E-state index contributed by atoms with van der Waals surface area (Å²) in [6.07, 6.45) is 3.97. The third kappa shape index (κ3) is 6.33. The van der Waals surface area contributed by atoms with Crippen LogP contribution in [0.2, 0.25) is 0 Å². The number of nitrogens with one attached hydrogen (secondary N) is 2. The van der Waals surface area contributed by atoms with E-state index in [-0.39, 0.29) is 34.2 Å². The van der Waals surface area contributed by atoms with Gasteiger partial charge in [0, 0.05) is 34.6 Å². The first-order valence-corrected chi connectivity index (χ1v) is 18.2. The Hall–Kier alpha value is -6.22. The molecule has 272 valence electrons. The molecule has 5 aromatic heterocycles. The maximum Gasteiger partial charge on any atom is 0.405 e. The van der Waals surface area contributed by atoms with Crippen LogP contribution < -0.4 is 15.8 Å². The van der Waals surface area contributed by atoms with Crippen LogP contribution in [0.15, 0.2) is 94.7 Å². The number of furan rings is 1. The fraction of sp³-hybridized carbons (Fsp3) is 0.237. The summed E-state index contributed by atoms with van der Waals surface area (Å²) in [5.41, 5.74) is 9.21. The number of nitrogens with zero attached hydrogens (tertiary/aromatic N) is 5. The molecule has 7 aromatic rings. The third-order valence-corrected chi connectivity index (χ3v) is 11.2. The first kappa shape index (κ1) is 35.2. The number of para-hydroxylation sites is 1. The number of pyridine rings is 1. The Labute approximate surface area is 305 Å². The van der Waals surface area contributed by atoms with Gasteiger partial charge in [-0.25, -0.2) is 19.7 Å². The number of benzene rings is 2. The van der Waals surface area contributed by atoms with Crippen molar-refractivity contribution in [2.24, 2.45) is 5.41 Å². The van der Waals surface area contributed by atoms with Crippen molar-refractivity contribution in [3.63, 3.8) is 0 Å². The van der Waals surface area contributed by atoms with Crippen LogP contribution >= 0.6 is 0 Å². The Kier molecular flexibility index (Phi) is 8.68. The number of carboxylic acid groups (broad SMARTS) is 1. The Morgan fingerprint density at radius 1 is 1.04 bits per heavy atom. The monoisotopic (exact) mass is 734 g/mol. The van der Waals surface area contributed by atoms with Crippen molar-refractivity contribution >= 4 is 44.0 Å². The first-order valence-electron chi connectivity index (χ1n) is 16.8. The Morgan fingerprint density at radius 3 is 2.47 bits per heavy atom. The Morgan fingerprint density at radius 2 is 1.77 bits per heavy atom.